The summed E-state index contributed by atoms with van der Waals surface area (Å²) in [6.07, 6.45) is 0.107. The van der Waals surface area contributed by atoms with Crippen molar-refractivity contribution in [3.8, 4) is 0 Å². The van der Waals surface area contributed by atoms with Crippen molar-refractivity contribution in [1.29, 1.82) is 0 Å². The number of nitrogens with one attached hydrogen (secondary N) is 2. The second kappa shape index (κ2) is 8.30. The summed E-state index contributed by atoms with van der Waals surface area (Å²) in [5, 5.41) is 5.54. The molecule has 1 aromatic carbocycles. The van der Waals surface area contributed by atoms with Crippen molar-refractivity contribution in [2.45, 2.75) is 11.7 Å². The molecule has 1 aromatic rings. The lowest BCUT2D eigenvalue weighted by Crippen LogP contribution is -2.28. The third-order valence-corrected chi connectivity index (χ3v) is 4.47. The monoisotopic (exact) mass is 385 g/mol. The number of nitrogens with zero attached hydrogens (tertiary/aromatic N) is 1. The van der Waals surface area contributed by atoms with Crippen LogP contribution in [0.15, 0.2) is 33.7 Å². The summed E-state index contributed by atoms with van der Waals surface area (Å²) in [4.78, 5) is 28.0. The average molecular weight is 386 g/mol. The van der Waals surface area contributed by atoms with Crippen LogP contribution in [0.3, 0.4) is 0 Å². The van der Waals surface area contributed by atoms with Crippen LogP contribution in [0.25, 0.3) is 0 Å². The van der Waals surface area contributed by atoms with E-state index in [0.29, 0.717) is 24.0 Å². The summed E-state index contributed by atoms with van der Waals surface area (Å²) in [5.74, 6) is -0.389. The number of amidine groups is 1. The Kier molecular flexibility index (Phi) is 6.41. The zero-order chi connectivity index (χ0) is 15.9. The highest BCUT2D eigenvalue weighted by atomic mass is 79.9. The minimum Gasteiger partial charge on any atom is -0.383 e. The van der Waals surface area contributed by atoms with Gasteiger partial charge in [0, 0.05) is 23.7 Å². The van der Waals surface area contributed by atoms with Crippen molar-refractivity contribution in [1.82, 2.24) is 5.32 Å². The van der Waals surface area contributed by atoms with Gasteiger partial charge in [-0.25, -0.2) is 0 Å². The first-order valence-electron chi connectivity index (χ1n) is 6.65. The molecule has 1 atom stereocenters. The van der Waals surface area contributed by atoms with Crippen molar-refractivity contribution in [3.05, 3.63) is 28.7 Å². The number of carbonyl (C=O) groups is 2. The van der Waals surface area contributed by atoms with E-state index in [4.69, 9.17) is 4.74 Å². The van der Waals surface area contributed by atoms with Gasteiger partial charge in [-0.05, 0) is 24.3 Å². The molecular formula is C14H16BrN3O3S. The number of rotatable bonds is 6. The molecule has 0 aromatic heterocycles. The summed E-state index contributed by atoms with van der Waals surface area (Å²) in [5.41, 5.74) is 0.700. The van der Waals surface area contributed by atoms with E-state index in [0.717, 1.165) is 4.47 Å². The van der Waals surface area contributed by atoms with Gasteiger partial charge < -0.3 is 15.4 Å². The number of amides is 2. The molecule has 1 aliphatic heterocycles. The molecule has 0 bridgehead atoms. The first-order valence-corrected chi connectivity index (χ1v) is 8.32. The Morgan fingerprint density at radius 1 is 1.45 bits per heavy atom. The van der Waals surface area contributed by atoms with Crippen molar-refractivity contribution >= 4 is 50.4 Å². The maximum atomic E-state index is 12.0. The second-order valence-corrected chi connectivity index (χ2v) is 6.64. The molecule has 1 fully saturated rings. The van der Waals surface area contributed by atoms with Crippen LogP contribution < -0.4 is 10.6 Å². The topological polar surface area (TPSA) is 79.8 Å². The molecule has 0 radical (unpaired) electrons. The molecule has 22 heavy (non-hydrogen) atoms. The van der Waals surface area contributed by atoms with E-state index < -0.39 is 5.25 Å². The molecular weight excluding hydrogens is 370 g/mol. The summed E-state index contributed by atoms with van der Waals surface area (Å²) in [6.45, 7) is 0.978. The van der Waals surface area contributed by atoms with Crippen molar-refractivity contribution < 1.29 is 14.3 Å². The van der Waals surface area contributed by atoms with Gasteiger partial charge in [0.1, 0.15) is 5.25 Å². The third kappa shape index (κ3) is 5.11. The zero-order valence-electron chi connectivity index (χ0n) is 12.0. The Morgan fingerprint density at radius 2 is 2.18 bits per heavy atom. The van der Waals surface area contributed by atoms with Crippen molar-refractivity contribution in [2.24, 2.45) is 4.99 Å². The van der Waals surface area contributed by atoms with E-state index in [1.165, 1.54) is 11.8 Å². The highest BCUT2D eigenvalue weighted by Crippen LogP contribution is 2.23. The number of hydrogen-bond acceptors (Lipinski definition) is 5. The molecule has 1 heterocycles. The van der Waals surface area contributed by atoms with E-state index in [2.05, 4.69) is 31.6 Å². The predicted molar refractivity (Wildman–Crippen MR) is 91.1 cm³/mol. The molecule has 0 aliphatic carbocycles. The normalized spacial score (nSPS) is 19.3. The number of methoxy groups -OCH3 is 1. The van der Waals surface area contributed by atoms with Crippen molar-refractivity contribution in [3.63, 3.8) is 0 Å². The molecule has 118 valence electrons. The first kappa shape index (κ1) is 17.0. The van der Waals surface area contributed by atoms with Crippen LogP contribution in [0.1, 0.15) is 6.42 Å². The third-order valence-electron chi connectivity index (χ3n) is 2.83. The Balaban J connectivity index is 1.85. The standard InChI is InChI=1S/C14H16BrN3O3S/c1-21-7-6-16-14-18-13(20)11(22-14)8-12(19)17-10-4-2-9(15)3-5-10/h2-5,11H,6-8H2,1H3,(H,17,19)(H,16,18,20)/t11-/m0/s1. The van der Waals surface area contributed by atoms with E-state index in [1.807, 2.05) is 12.1 Å². The summed E-state index contributed by atoms with van der Waals surface area (Å²) in [7, 11) is 1.59. The predicted octanol–water partition coefficient (Wildman–Crippen LogP) is 2.01. The lowest BCUT2D eigenvalue weighted by atomic mass is 10.2. The maximum absolute atomic E-state index is 12.0. The molecule has 1 aliphatic rings. The fraction of sp³-hybridized carbons (Fsp3) is 0.357. The number of aliphatic imine (C=N–C) groups is 1. The van der Waals surface area contributed by atoms with Gasteiger partial charge >= 0.3 is 0 Å². The van der Waals surface area contributed by atoms with Crippen molar-refractivity contribution in [2.75, 3.05) is 25.6 Å². The van der Waals surface area contributed by atoms with E-state index in [1.54, 1.807) is 19.2 Å². The van der Waals surface area contributed by atoms with Crippen LogP contribution in [-0.4, -0.2) is 42.5 Å². The van der Waals surface area contributed by atoms with Crippen LogP contribution in [0.4, 0.5) is 5.69 Å². The molecule has 0 spiro atoms. The largest absolute Gasteiger partial charge is 0.383 e. The van der Waals surface area contributed by atoms with Gasteiger partial charge in [0.15, 0.2) is 5.17 Å². The average Bonchev–Trinajstić information content (AvgIpc) is 2.82. The molecule has 2 amide bonds. The Bertz CT molecular complexity index is 577. The number of ether oxygens (including phenoxy) is 1. The number of carbonyl (C=O) groups excluding carboxylic acids is 2. The minimum absolute atomic E-state index is 0.107. The zero-order valence-corrected chi connectivity index (χ0v) is 14.4. The number of anilines is 1. The number of benzene rings is 1. The quantitative estimate of drug-likeness (QED) is 0.734. The fourth-order valence-electron chi connectivity index (χ4n) is 1.77. The highest BCUT2D eigenvalue weighted by Gasteiger charge is 2.31. The lowest BCUT2D eigenvalue weighted by molar-refractivity contribution is -0.122. The molecule has 8 heteroatoms. The Labute approximate surface area is 141 Å². The molecule has 1 saturated heterocycles. The van der Waals surface area contributed by atoms with Crippen LogP contribution in [-0.2, 0) is 14.3 Å². The number of halogens is 1. The number of thioether (sulfide) groups is 1. The smallest absolute Gasteiger partial charge is 0.240 e. The van der Waals surface area contributed by atoms with Crippen LogP contribution in [0.5, 0.6) is 0 Å². The van der Waals surface area contributed by atoms with Crippen LogP contribution in [0, 0.1) is 0 Å². The van der Waals surface area contributed by atoms with Gasteiger partial charge in [0.2, 0.25) is 11.8 Å². The van der Waals surface area contributed by atoms with Crippen LogP contribution in [0.2, 0.25) is 0 Å². The summed E-state index contributed by atoms with van der Waals surface area (Å²) >= 11 is 4.61. The minimum atomic E-state index is -0.447. The van der Waals surface area contributed by atoms with Gasteiger partial charge in [-0.3, -0.25) is 14.6 Å². The van der Waals surface area contributed by atoms with Gasteiger partial charge in [-0.1, -0.05) is 27.7 Å². The summed E-state index contributed by atoms with van der Waals surface area (Å²) in [6, 6.07) is 7.27. The molecule has 0 unspecified atom stereocenters. The molecule has 6 nitrogen and oxygen atoms in total. The highest BCUT2D eigenvalue weighted by molar-refractivity contribution is 9.10. The lowest BCUT2D eigenvalue weighted by Gasteiger charge is -2.07. The SMILES string of the molecule is COCCN=C1NC(=O)[C@H](CC(=O)Nc2ccc(Br)cc2)S1. The van der Waals surface area contributed by atoms with E-state index >= 15 is 0 Å². The van der Waals surface area contributed by atoms with E-state index in [-0.39, 0.29) is 18.2 Å². The molecule has 0 saturated carbocycles. The maximum Gasteiger partial charge on any atom is 0.240 e. The Morgan fingerprint density at radius 3 is 2.86 bits per heavy atom. The Hall–Kier alpha value is -1.38. The van der Waals surface area contributed by atoms with Crippen LogP contribution >= 0.6 is 27.7 Å². The van der Waals surface area contributed by atoms with Gasteiger partial charge in [-0.2, -0.15) is 0 Å². The molecule has 2 rings (SSSR count). The van der Waals surface area contributed by atoms with E-state index in [9.17, 15) is 9.59 Å². The molecule has 2 N–H and O–H groups in total. The first-order chi connectivity index (χ1) is 10.6. The van der Waals surface area contributed by atoms with Gasteiger partial charge in [0.05, 0.1) is 13.2 Å². The van der Waals surface area contributed by atoms with Gasteiger partial charge in [-0.15, -0.1) is 0 Å². The fourth-order valence-corrected chi connectivity index (χ4v) is 3.03. The summed E-state index contributed by atoms with van der Waals surface area (Å²) < 4.78 is 5.84. The number of hydrogen-bond donors (Lipinski definition) is 2. The second-order valence-electron chi connectivity index (χ2n) is 4.53. The van der Waals surface area contributed by atoms with Gasteiger partial charge in [0.25, 0.3) is 0 Å².